The number of aliphatic imine (C=N–C) groups is 1. The Balaban J connectivity index is 4.29. The molecule has 72 valence electrons. The molecule has 0 heterocycles. The second-order valence-corrected chi connectivity index (χ2v) is 3.71. The van der Waals surface area contributed by atoms with Crippen LogP contribution in [0.1, 0.15) is 27.7 Å². The summed E-state index contributed by atoms with van der Waals surface area (Å²) < 4.78 is 1.01. The highest BCUT2D eigenvalue weighted by Gasteiger charge is 2.05. The standard InChI is InChI=1S/C9H19IN2/c1-5-12(6-2)9(7-10)11-8(3)4/h8H,5-7H2,1-4H3. The minimum absolute atomic E-state index is 0.412. The predicted molar refractivity (Wildman–Crippen MR) is 64.4 cm³/mol. The SMILES string of the molecule is CCN(CC)C(CI)=NC(C)C. The van der Waals surface area contributed by atoms with Crippen LogP contribution in [0.3, 0.4) is 0 Å². The fourth-order valence-corrected chi connectivity index (χ4v) is 1.77. The summed E-state index contributed by atoms with van der Waals surface area (Å²) in [7, 11) is 0. The lowest BCUT2D eigenvalue weighted by atomic mass is 10.4. The quantitative estimate of drug-likeness (QED) is 0.335. The van der Waals surface area contributed by atoms with E-state index in [2.05, 4.69) is 60.2 Å². The van der Waals surface area contributed by atoms with E-state index in [1.165, 1.54) is 5.84 Å². The lowest BCUT2D eigenvalue weighted by Crippen LogP contribution is -2.32. The highest BCUT2D eigenvalue weighted by Crippen LogP contribution is 1.99. The van der Waals surface area contributed by atoms with Crippen molar-refractivity contribution in [3.63, 3.8) is 0 Å². The Morgan fingerprint density at radius 2 is 1.83 bits per heavy atom. The van der Waals surface area contributed by atoms with Gasteiger partial charge in [0.15, 0.2) is 0 Å². The molecule has 0 aromatic rings. The Hall–Kier alpha value is 0.200. The summed E-state index contributed by atoms with van der Waals surface area (Å²) in [4.78, 5) is 6.88. The largest absolute Gasteiger partial charge is 0.360 e. The molecule has 0 rings (SSSR count). The van der Waals surface area contributed by atoms with Gasteiger partial charge >= 0.3 is 0 Å². The van der Waals surface area contributed by atoms with E-state index in [1.807, 2.05) is 0 Å². The van der Waals surface area contributed by atoms with Crippen molar-refractivity contribution in [2.75, 3.05) is 17.5 Å². The smallest absolute Gasteiger partial charge is 0.109 e. The van der Waals surface area contributed by atoms with Gasteiger partial charge < -0.3 is 4.90 Å². The van der Waals surface area contributed by atoms with Crippen LogP contribution in [0, 0.1) is 0 Å². The van der Waals surface area contributed by atoms with E-state index in [0.29, 0.717) is 6.04 Å². The Kier molecular flexibility index (Phi) is 6.80. The second-order valence-electron chi connectivity index (χ2n) is 2.94. The van der Waals surface area contributed by atoms with Crippen molar-refractivity contribution >= 4 is 28.4 Å². The van der Waals surface area contributed by atoms with Gasteiger partial charge in [-0.1, -0.05) is 22.6 Å². The maximum absolute atomic E-state index is 4.57. The third kappa shape index (κ3) is 4.28. The van der Waals surface area contributed by atoms with Crippen molar-refractivity contribution in [1.29, 1.82) is 0 Å². The van der Waals surface area contributed by atoms with Crippen LogP contribution < -0.4 is 0 Å². The predicted octanol–water partition coefficient (Wildman–Crippen LogP) is 2.57. The Morgan fingerprint density at radius 1 is 1.33 bits per heavy atom. The average molecular weight is 282 g/mol. The molecule has 0 bridgehead atoms. The first-order valence-corrected chi connectivity index (χ1v) is 6.05. The highest BCUT2D eigenvalue weighted by molar-refractivity contribution is 14.1. The van der Waals surface area contributed by atoms with Crippen LogP contribution in [0.5, 0.6) is 0 Å². The zero-order valence-corrected chi connectivity index (χ0v) is 10.6. The van der Waals surface area contributed by atoms with E-state index >= 15 is 0 Å². The monoisotopic (exact) mass is 282 g/mol. The molecule has 2 nitrogen and oxygen atoms in total. The molecule has 0 spiro atoms. The van der Waals surface area contributed by atoms with Crippen molar-refractivity contribution in [2.24, 2.45) is 4.99 Å². The van der Waals surface area contributed by atoms with Crippen LogP contribution in [0.4, 0.5) is 0 Å². The molecule has 0 amide bonds. The fraction of sp³-hybridized carbons (Fsp3) is 0.889. The summed E-state index contributed by atoms with van der Waals surface area (Å²) in [6, 6.07) is 0.412. The van der Waals surface area contributed by atoms with Crippen LogP contribution in [0.25, 0.3) is 0 Å². The lowest BCUT2D eigenvalue weighted by molar-refractivity contribution is 0.460. The molecular formula is C9H19IN2. The van der Waals surface area contributed by atoms with Crippen LogP contribution in [-0.4, -0.2) is 34.3 Å². The van der Waals surface area contributed by atoms with Crippen molar-refractivity contribution in [3.05, 3.63) is 0 Å². The van der Waals surface area contributed by atoms with Gasteiger partial charge in [-0.25, -0.2) is 0 Å². The van der Waals surface area contributed by atoms with Crippen LogP contribution in [0.15, 0.2) is 4.99 Å². The molecule has 0 saturated heterocycles. The molecular weight excluding hydrogens is 263 g/mol. The molecule has 3 heteroatoms. The molecule has 0 atom stereocenters. The molecule has 0 fully saturated rings. The van der Waals surface area contributed by atoms with Gasteiger partial charge in [0.1, 0.15) is 5.84 Å². The number of rotatable bonds is 4. The highest BCUT2D eigenvalue weighted by atomic mass is 127. The molecule has 12 heavy (non-hydrogen) atoms. The van der Waals surface area contributed by atoms with E-state index in [9.17, 15) is 0 Å². The molecule has 0 aliphatic carbocycles. The molecule has 0 unspecified atom stereocenters. The zero-order valence-electron chi connectivity index (χ0n) is 8.47. The number of hydrogen-bond donors (Lipinski definition) is 0. The maximum atomic E-state index is 4.57. The molecule has 0 aliphatic heterocycles. The molecule has 0 saturated carbocycles. The molecule has 0 N–H and O–H groups in total. The minimum Gasteiger partial charge on any atom is -0.360 e. The van der Waals surface area contributed by atoms with Crippen LogP contribution >= 0.6 is 22.6 Å². The van der Waals surface area contributed by atoms with E-state index in [4.69, 9.17) is 0 Å². The van der Waals surface area contributed by atoms with Crippen molar-refractivity contribution in [1.82, 2.24) is 4.90 Å². The number of halogens is 1. The van der Waals surface area contributed by atoms with Crippen molar-refractivity contribution < 1.29 is 0 Å². The third-order valence-corrected chi connectivity index (χ3v) is 2.34. The summed E-state index contributed by atoms with van der Waals surface area (Å²) in [5.74, 6) is 1.23. The maximum Gasteiger partial charge on any atom is 0.109 e. The Bertz CT molecular complexity index is 139. The van der Waals surface area contributed by atoms with Gasteiger partial charge in [-0.05, 0) is 27.7 Å². The molecule has 0 aliphatic rings. The first-order valence-electron chi connectivity index (χ1n) is 4.53. The van der Waals surface area contributed by atoms with E-state index in [1.54, 1.807) is 0 Å². The van der Waals surface area contributed by atoms with Gasteiger partial charge in [0, 0.05) is 19.1 Å². The van der Waals surface area contributed by atoms with E-state index in [0.717, 1.165) is 17.5 Å². The van der Waals surface area contributed by atoms with Gasteiger partial charge in [-0.15, -0.1) is 0 Å². The molecule has 0 aromatic heterocycles. The van der Waals surface area contributed by atoms with Gasteiger partial charge in [-0.2, -0.15) is 0 Å². The first-order chi connectivity index (χ1) is 5.65. The fourth-order valence-electron chi connectivity index (χ4n) is 1.09. The summed E-state index contributed by atoms with van der Waals surface area (Å²) >= 11 is 2.37. The number of hydrogen-bond acceptors (Lipinski definition) is 1. The number of alkyl halides is 1. The first kappa shape index (κ1) is 12.2. The average Bonchev–Trinajstić information content (AvgIpc) is 2.04. The van der Waals surface area contributed by atoms with E-state index in [-0.39, 0.29) is 0 Å². The van der Waals surface area contributed by atoms with Gasteiger partial charge in [0.25, 0.3) is 0 Å². The third-order valence-electron chi connectivity index (χ3n) is 1.66. The minimum atomic E-state index is 0.412. The molecule has 0 radical (unpaired) electrons. The Morgan fingerprint density at radius 3 is 2.08 bits per heavy atom. The summed E-state index contributed by atoms with van der Waals surface area (Å²) in [5.41, 5.74) is 0. The second kappa shape index (κ2) is 6.69. The van der Waals surface area contributed by atoms with Crippen molar-refractivity contribution in [3.8, 4) is 0 Å². The normalized spacial score (nSPS) is 12.3. The van der Waals surface area contributed by atoms with Gasteiger partial charge in [-0.3, -0.25) is 4.99 Å². The topological polar surface area (TPSA) is 15.6 Å². The van der Waals surface area contributed by atoms with Gasteiger partial charge in [0.05, 0.1) is 4.43 Å². The summed E-state index contributed by atoms with van der Waals surface area (Å²) in [5, 5.41) is 0. The Labute approximate surface area is 89.6 Å². The van der Waals surface area contributed by atoms with E-state index < -0.39 is 0 Å². The number of nitrogens with zero attached hydrogens (tertiary/aromatic N) is 2. The zero-order chi connectivity index (χ0) is 9.56. The van der Waals surface area contributed by atoms with Crippen LogP contribution in [-0.2, 0) is 0 Å². The van der Waals surface area contributed by atoms with Crippen molar-refractivity contribution in [2.45, 2.75) is 33.7 Å². The lowest BCUT2D eigenvalue weighted by Gasteiger charge is -2.22. The number of amidine groups is 1. The summed E-state index contributed by atoms with van der Waals surface area (Å²) in [6.45, 7) is 10.7. The molecule has 0 aromatic carbocycles. The summed E-state index contributed by atoms with van der Waals surface area (Å²) in [6.07, 6.45) is 0. The van der Waals surface area contributed by atoms with Gasteiger partial charge in [0.2, 0.25) is 0 Å². The van der Waals surface area contributed by atoms with Crippen LogP contribution in [0.2, 0.25) is 0 Å².